The summed E-state index contributed by atoms with van der Waals surface area (Å²) in [6.45, 7) is 7.57. The topological polar surface area (TPSA) is 80.5 Å². The maximum Gasteiger partial charge on any atom is 0.317 e. The molecule has 118 valence electrons. The molecule has 0 aromatic carbocycles. The summed E-state index contributed by atoms with van der Waals surface area (Å²) in [4.78, 5) is 18.0. The molecule has 1 aromatic heterocycles. The molecule has 1 N–H and O–H groups in total. The van der Waals surface area contributed by atoms with E-state index >= 15 is 0 Å². The smallest absolute Gasteiger partial charge is 0.317 e. The molecule has 2 heterocycles. The second-order valence-corrected chi connectivity index (χ2v) is 5.58. The second-order valence-electron chi connectivity index (χ2n) is 5.58. The van der Waals surface area contributed by atoms with Crippen LogP contribution in [0, 0.1) is 0 Å². The van der Waals surface area contributed by atoms with Gasteiger partial charge in [-0.2, -0.15) is 4.98 Å². The van der Waals surface area contributed by atoms with Crippen molar-refractivity contribution in [2.75, 3.05) is 13.1 Å². The van der Waals surface area contributed by atoms with Gasteiger partial charge in [0, 0.05) is 25.6 Å². The van der Waals surface area contributed by atoms with Crippen molar-refractivity contribution in [1.29, 1.82) is 0 Å². The highest BCUT2D eigenvalue weighted by Gasteiger charge is 2.24. The number of nitrogens with one attached hydrogen (secondary N) is 1. The highest BCUT2D eigenvalue weighted by atomic mass is 16.5. The zero-order valence-electron chi connectivity index (χ0n) is 13.0. The zero-order chi connectivity index (χ0) is 15.2. The third-order valence-electron chi connectivity index (χ3n) is 3.35. The molecule has 0 saturated carbocycles. The van der Waals surface area contributed by atoms with E-state index in [2.05, 4.69) is 15.5 Å². The van der Waals surface area contributed by atoms with Gasteiger partial charge in [-0.15, -0.1) is 0 Å². The number of aromatic nitrogens is 2. The summed E-state index contributed by atoms with van der Waals surface area (Å²) in [7, 11) is 0. The molecule has 7 nitrogen and oxygen atoms in total. The number of carbonyl (C=O) groups is 1. The van der Waals surface area contributed by atoms with Crippen molar-refractivity contribution in [2.24, 2.45) is 0 Å². The maximum atomic E-state index is 12.0. The Hall–Kier alpha value is -1.63. The molecule has 2 amide bonds. The Bertz CT molecular complexity index is 461. The van der Waals surface area contributed by atoms with Crippen molar-refractivity contribution in [2.45, 2.75) is 58.8 Å². The largest absolute Gasteiger partial charge is 0.367 e. The minimum Gasteiger partial charge on any atom is -0.367 e. The number of urea groups is 1. The second kappa shape index (κ2) is 7.40. The van der Waals surface area contributed by atoms with Crippen molar-refractivity contribution in [3.05, 3.63) is 11.7 Å². The summed E-state index contributed by atoms with van der Waals surface area (Å²) >= 11 is 0. The SMILES string of the molecule is CCc1noc(CO[C@H]2CCCN(C(=O)NC(C)C)C2)n1. The average molecular weight is 296 g/mol. The summed E-state index contributed by atoms with van der Waals surface area (Å²) in [5, 5.41) is 6.74. The lowest BCUT2D eigenvalue weighted by Gasteiger charge is -2.32. The van der Waals surface area contributed by atoms with Gasteiger partial charge in [0.05, 0.1) is 6.10 Å². The van der Waals surface area contributed by atoms with Crippen LogP contribution in [0.25, 0.3) is 0 Å². The minimum atomic E-state index is -0.0237. The highest BCUT2D eigenvalue weighted by molar-refractivity contribution is 5.74. The van der Waals surface area contributed by atoms with Crippen LogP contribution >= 0.6 is 0 Å². The van der Waals surface area contributed by atoms with Gasteiger partial charge in [0.25, 0.3) is 5.89 Å². The molecule has 0 bridgehead atoms. The van der Waals surface area contributed by atoms with Gasteiger partial charge in [0.2, 0.25) is 0 Å². The standard InChI is InChI=1S/C14H24N4O3/c1-4-12-16-13(21-17-12)9-20-11-6-5-7-18(8-11)14(19)15-10(2)3/h10-11H,4-9H2,1-3H3,(H,15,19)/t11-/m0/s1. The summed E-state index contributed by atoms with van der Waals surface area (Å²) < 4.78 is 10.9. The predicted octanol–water partition coefficient (Wildman–Crippen LogP) is 1.73. The quantitative estimate of drug-likeness (QED) is 0.895. The normalized spacial score (nSPS) is 19.0. The van der Waals surface area contributed by atoms with E-state index in [9.17, 15) is 4.79 Å². The van der Waals surface area contributed by atoms with E-state index in [-0.39, 0.29) is 18.2 Å². The average Bonchev–Trinajstić information content (AvgIpc) is 2.93. The molecule has 7 heteroatoms. The molecule has 1 aliphatic rings. The molecule has 0 radical (unpaired) electrons. The molecule has 0 unspecified atom stereocenters. The van der Waals surface area contributed by atoms with Crippen molar-refractivity contribution in [3.63, 3.8) is 0 Å². The molecule has 1 saturated heterocycles. The third kappa shape index (κ3) is 4.70. The number of piperidine rings is 1. The summed E-state index contributed by atoms with van der Waals surface area (Å²) in [6, 6.07) is 0.119. The lowest BCUT2D eigenvalue weighted by atomic mass is 10.1. The number of amides is 2. The van der Waals surface area contributed by atoms with Gasteiger partial charge in [-0.1, -0.05) is 12.1 Å². The van der Waals surface area contributed by atoms with Gasteiger partial charge in [0.15, 0.2) is 5.82 Å². The maximum absolute atomic E-state index is 12.0. The van der Waals surface area contributed by atoms with E-state index in [0.717, 1.165) is 25.8 Å². The first kappa shape index (κ1) is 15.8. The molecule has 0 aliphatic carbocycles. The fraction of sp³-hybridized carbons (Fsp3) is 0.786. The molecular formula is C14H24N4O3. The molecule has 1 atom stereocenters. The fourth-order valence-electron chi connectivity index (χ4n) is 2.28. The van der Waals surface area contributed by atoms with E-state index in [1.165, 1.54) is 0 Å². The number of hydrogen-bond donors (Lipinski definition) is 1. The highest BCUT2D eigenvalue weighted by Crippen LogP contribution is 2.15. The molecule has 2 rings (SSSR count). The number of hydrogen-bond acceptors (Lipinski definition) is 5. The number of rotatable bonds is 5. The van der Waals surface area contributed by atoms with Crippen LogP contribution in [0.4, 0.5) is 4.79 Å². The van der Waals surface area contributed by atoms with Gasteiger partial charge in [-0.25, -0.2) is 4.79 Å². The summed E-state index contributed by atoms with van der Waals surface area (Å²) in [6.07, 6.45) is 2.66. The van der Waals surface area contributed by atoms with Crippen molar-refractivity contribution < 1.29 is 14.1 Å². The Balaban J connectivity index is 1.79. The van der Waals surface area contributed by atoms with E-state index in [1.807, 2.05) is 20.8 Å². The summed E-state index contributed by atoms with van der Waals surface area (Å²) in [5.41, 5.74) is 0. The lowest BCUT2D eigenvalue weighted by molar-refractivity contribution is -0.0105. The van der Waals surface area contributed by atoms with Crippen LogP contribution in [-0.2, 0) is 17.8 Å². The Labute approximate surface area is 125 Å². The van der Waals surface area contributed by atoms with Crippen LogP contribution in [0.5, 0.6) is 0 Å². The number of ether oxygens (including phenoxy) is 1. The Morgan fingerprint density at radius 2 is 2.38 bits per heavy atom. The summed E-state index contributed by atoms with van der Waals surface area (Å²) in [5.74, 6) is 1.19. The molecule has 0 spiro atoms. The number of aryl methyl sites for hydroxylation is 1. The van der Waals surface area contributed by atoms with Gasteiger partial charge in [-0.05, 0) is 26.7 Å². The third-order valence-corrected chi connectivity index (χ3v) is 3.35. The van der Waals surface area contributed by atoms with Crippen molar-refractivity contribution in [3.8, 4) is 0 Å². The Morgan fingerprint density at radius 3 is 3.05 bits per heavy atom. The van der Waals surface area contributed by atoms with Crippen LogP contribution in [0.1, 0.15) is 45.3 Å². The van der Waals surface area contributed by atoms with E-state index in [4.69, 9.17) is 9.26 Å². The number of nitrogens with zero attached hydrogens (tertiary/aromatic N) is 3. The van der Waals surface area contributed by atoms with Crippen LogP contribution in [0.3, 0.4) is 0 Å². The number of carbonyl (C=O) groups excluding carboxylic acids is 1. The van der Waals surface area contributed by atoms with Crippen molar-refractivity contribution in [1.82, 2.24) is 20.4 Å². The predicted molar refractivity (Wildman–Crippen MR) is 76.7 cm³/mol. The van der Waals surface area contributed by atoms with Crippen LogP contribution in [0.15, 0.2) is 4.52 Å². The Morgan fingerprint density at radius 1 is 1.57 bits per heavy atom. The van der Waals surface area contributed by atoms with Crippen LogP contribution in [0.2, 0.25) is 0 Å². The fourth-order valence-corrected chi connectivity index (χ4v) is 2.28. The zero-order valence-corrected chi connectivity index (χ0v) is 13.0. The molecule has 21 heavy (non-hydrogen) atoms. The van der Waals surface area contributed by atoms with Crippen molar-refractivity contribution >= 4 is 6.03 Å². The minimum absolute atomic E-state index is 0.0219. The van der Waals surface area contributed by atoms with Gasteiger partial charge in [-0.3, -0.25) is 0 Å². The monoisotopic (exact) mass is 296 g/mol. The first-order valence-corrected chi connectivity index (χ1v) is 7.57. The van der Waals surface area contributed by atoms with Gasteiger partial charge in [0.1, 0.15) is 6.61 Å². The first-order valence-electron chi connectivity index (χ1n) is 7.57. The van der Waals surface area contributed by atoms with Crippen LogP contribution < -0.4 is 5.32 Å². The van der Waals surface area contributed by atoms with E-state index in [0.29, 0.717) is 24.9 Å². The van der Waals surface area contributed by atoms with E-state index in [1.54, 1.807) is 4.90 Å². The first-order chi connectivity index (χ1) is 10.1. The van der Waals surface area contributed by atoms with Crippen LogP contribution in [-0.4, -0.2) is 46.3 Å². The molecule has 1 fully saturated rings. The molecule has 1 aromatic rings. The van der Waals surface area contributed by atoms with Gasteiger partial charge >= 0.3 is 6.03 Å². The lowest BCUT2D eigenvalue weighted by Crippen LogP contribution is -2.49. The Kier molecular flexibility index (Phi) is 5.55. The number of likely N-dealkylation sites (tertiary alicyclic amines) is 1. The molecular weight excluding hydrogens is 272 g/mol. The molecule has 1 aliphatic heterocycles. The van der Waals surface area contributed by atoms with Gasteiger partial charge < -0.3 is 19.5 Å². The van der Waals surface area contributed by atoms with E-state index < -0.39 is 0 Å².